The number of aliphatic carboxylic acids is 1. The summed E-state index contributed by atoms with van der Waals surface area (Å²) in [6.07, 6.45) is 1.93. The van der Waals surface area contributed by atoms with E-state index in [2.05, 4.69) is 10.6 Å². The van der Waals surface area contributed by atoms with Crippen molar-refractivity contribution in [3.05, 3.63) is 35.9 Å². The van der Waals surface area contributed by atoms with E-state index in [1.165, 1.54) is 0 Å². The predicted octanol–water partition coefficient (Wildman–Crippen LogP) is 1.07. The van der Waals surface area contributed by atoms with Gasteiger partial charge in [0.2, 0.25) is 5.91 Å². The Hall–Kier alpha value is -1.88. The molecule has 2 fully saturated rings. The molecule has 1 heterocycles. The first-order chi connectivity index (χ1) is 9.65. The Morgan fingerprint density at radius 3 is 2.60 bits per heavy atom. The highest BCUT2D eigenvalue weighted by atomic mass is 16.4. The first-order valence-corrected chi connectivity index (χ1v) is 6.99. The van der Waals surface area contributed by atoms with Crippen molar-refractivity contribution in [1.82, 2.24) is 10.6 Å². The highest BCUT2D eigenvalue weighted by Crippen LogP contribution is 2.30. The smallest absolute Gasteiger partial charge is 0.306 e. The second kappa shape index (κ2) is 5.25. The molecule has 1 saturated heterocycles. The largest absolute Gasteiger partial charge is 0.481 e. The molecule has 1 aromatic rings. The fourth-order valence-electron chi connectivity index (χ4n) is 3.20. The van der Waals surface area contributed by atoms with Gasteiger partial charge in [-0.2, -0.15) is 0 Å². The van der Waals surface area contributed by atoms with Crippen LogP contribution in [0.3, 0.4) is 0 Å². The standard InChI is InChI=1S/C15H18N2O3/c18-14-13(9-4-2-1-3-5-9)16-12-8-10(15(19)20)6-7-11(12)17-14/h1-5,10-13,16H,6-8H2,(H,17,18)(H,19,20). The number of amides is 1. The highest BCUT2D eigenvalue weighted by Gasteiger charge is 2.41. The molecule has 1 aliphatic heterocycles. The van der Waals surface area contributed by atoms with Crippen molar-refractivity contribution in [3.63, 3.8) is 0 Å². The topological polar surface area (TPSA) is 78.4 Å². The second-order valence-corrected chi connectivity index (χ2v) is 5.58. The van der Waals surface area contributed by atoms with Gasteiger partial charge in [0, 0.05) is 12.1 Å². The maximum absolute atomic E-state index is 12.2. The lowest BCUT2D eigenvalue weighted by atomic mass is 9.80. The Morgan fingerprint density at radius 2 is 1.90 bits per heavy atom. The summed E-state index contributed by atoms with van der Waals surface area (Å²) in [5.41, 5.74) is 0.917. The van der Waals surface area contributed by atoms with E-state index in [-0.39, 0.29) is 30.0 Å². The van der Waals surface area contributed by atoms with Gasteiger partial charge in [0.25, 0.3) is 0 Å². The highest BCUT2D eigenvalue weighted by molar-refractivity contribution is 5.84. The van der Waals surface area contributed by atoms with Gasteiger partial charge >= 0.3 is 5.97 Å². The second-order valence-electron chi connectivity index (χ2n) is 5.58. The van der Waals surface area contributed by atoms with Crippen molar-refractivity contribution in [2.45, 2.75) is 37.4 Å². The number of carbonyl (C=O) groups is 2. The van der Waals surface area contributed by atoms with E-state index < -0.39 is 5.97 Å². The van der Waals surface area contributed by atoms with Crippen molar-refractivity contribution in [1.29, 1.82) is 0 Å². The van der Waals surface area contributed by atoms with Crippen LogP contribution in [0.5, 0.6) is 0 Å². The van der Waals surface area contributed by atoms with Crippen LogP contribution < -0.4 is 10.6 Å². The molecule has 1 amide bonds. The minimum atomic E-state index is -0.738. The van der Waals surface area contributed by atoms with Gasteiger partial charge in [-0.1, -0.05) is 30.3 Å². The Bertz CT molecular complexity index is 517. The Labute approximate surface area is 117 Å². The molecule has 0 radical (unpaired) electrons. The third-order valence-electron chi connectivity index (χ3n) is 4.30. The number of fused-ring (bicyclic) bond motifs is 1. The number of carboxylic acids is 1. The molecule has 4 unspecified atom stereocenters. The molecule has 0 bridgehead atoms. The van der Waals surface area contributed by atoms with Gasteiger partial charge in [-0.25, -0.2) is 0 Å². The summed E-state index contributed by atoms with van der Waals surface area (Å²) >= 11 is 0. The zero-order valence-corrected chi connectivity index (χ0v) is 11.1. The third kappa shape index (κ3) is 2.41. The quantitative estimate of drug-likeness (QED) is 0.754. The van der Waals surface area contributed by atoms with Crippen molar-refractivity contribution in [2.24, 2.45) is 5.92 Å². The van der Waals surface area contributed by atoms with Crippen LogP contribution in [-0.4, -0.2) is 29.1 Å². The predicted molar refractivity (Wildman–Crippen MR) is 73.0 cm³/mol. The van der Waals surface area contributed by atoms with Gasteiger partial charge in [0.15, 0.2) is 0 Å². The molecular weight excluding hydrogens is 256 g/mol. The number of rotatable bonds is 2. The number of nitrogens with one attached hydrogen (secondary N) is 2. The van der Waals surface area contributed by atoms with Gasteiger partial charge in [0.05, 0.1) is 5.92 Å². The number of hydrogen-bond acceptors (Lipinski definition) is 3. The molecule has 1 saturated carbocycles. The Balaban J connectivity index is 1.77. The molecule has 2 aliphatic rings. The first-order valence-electron chi connectivity index (χ1n) is 6.99. The lowest BCUT2D eigenvalue weighted by molar-refractivity contribution is -0.143. The van der Waals surface area contributed by atoms with Gasteiger partial charge in [-0.15, -0.1) is 0 Å². The van der Waals surface area contributed by atoms with Crippen LogP contribution in [0.1, 0.15) is 30.9 Å². The summed E-state index contributed by atoms with van der Waals surface area (Å²) in [7, 11) is 0. The number of hydrogen-bond donors (Lipinski definition) is 3. The number of carbonyl (C=O) groups excluding carboxylic acids is 1. The molecule has 3 rings (SSSR count). The van der Waals surface area contributed by atoms with Crippen LogP contribution in [-0.2, 0) is 9.59 Å². The summed E-state index contributed by atoms with van der Waals surface area (Å²) in [6, 6.07) is 9.24. The average molecular weight is 274 g/mol. The molecular formula is C15H18N2O3. The van der Waals surface area contributed by atoms with E-state index in [9.17, 15) is 9.59 Å². The fraction of sp³-hybridized carbons (Fsp3) is 0.467. The monoisotopic (exact) mass is 274 g/mol. The van der Waals surface area contributed by atoms with Gasteiger partial charge < -0.3 is 10.4 Å². The lowest BCUT2D eigenvalue weighted by Gasteiger charge is -2.42. The van der Waals surface area contributed by atoms with Gasteiger partial charge in [-0.3, -0.25) is 14.9 Å². The van der Waals surface area contributed by atoms with E-state index in [1.54, 1.807) is 0 Å². The van der Waals surface area contributed by atoms with Gasteiger partial charge in [0.1, 0.15) is 6.04 Å². The zero-order valence-electron chi connectivity index (χ0n) is 11.1. The van der Waals surface area contributed by atoms with E-state index >= 15 is 0 Å². The lowest BCUT2D eigenvalue weighted by Crippen LogP contribution is -2.62. The summed E-state index contributed by atoms with van der Waals surface area (Å²) < 4.78 is 0. The van der Waals surface area contributed by atoms with Crippen molar-refractivity contribution < 1.29 is 14.7 Å². The van der Waals surface area contributed by atoms with Crippen LogP contribution in [0.4, 0.5) is 0 Å². The molecule has 1 aromatic carbocycles. The summed E-state index contributed by atoms with van der Waals surface area (Å²) in [5, 5.41) is 15.5. The molecule has 1 aliphatic carbocycles. The van der Waals surface area contributed by atoms with Crippen LogP contribution in [0, 0.1) is 5.92 Å². The molecule has 4 atom stereocenters. The van der Waals surface area contributed by atoms with Crippen molar-refractivity contribution >= 4 is 11.9 Å². The minimum absolute atomic E-state index is 0.0220. The third-order valence-corrected chi connectivity index (χ3v) is 4.30. The Morgan fingerprint density at radius 1 is 1.15 bits per heavy atom. The van der Waals surface area contributed by atoms with E-state index in [0.29, 0.717) is 12.8 Å². The summed E-state index contributed by atoms with van der Waals surface area (Å²) in [6.45, 7) is 0. The number of carboxylic acid groups (broad SMARTS) is 1. The SMILES string of the molecule is O=C(O)C1CCC2NC(=O)C(c3ccccc3)NC2C1. The summed E-state index contributed by atoms with van der Waals surface area (Å²) in [5.74, 6) is -1.07. The van der Waals surface area contributed by atoms with Crippen LogP contribution in [0.25, 0.3) is 0 Å². The Kier molecular flexibility index (Phi) is 3.44. The normalized spacial score (nSPS) is 33.1. The zero-order chi connectivity index (χ0) is 14.1. The molecule has 0 spiro atoms. The fourth-order valence-corrected chi connectivity index (χ4v) is 3.20. The van der Waals surface area contributed by atoms with Crippen LogP contribution in [0.15, 0.2) is 30.3 Å². The minimum Gasteiger partial charge on any atom is -0.481 e. The molecule has 0 aromatic heterocycles. The molecule has 20 heavy (non-hydrogen) atoms. The number of piperazine rings is 1. The summed E-state index contributed by atoms with van der Waals surface area (Å²) in [4.78, 5) is 23.3. The van der Waals surface area contributed by atoms with Crippen molar-refractivity contribution in [2.75, 3.05) is 0 Å². The molecule has 106 valence electrons. The first kappa shape index (κ1) is 13.1. The van der Waals surface area contributed by atoms with E-state index in [1.807, 2.05) is 30.3 Å². The number of benzene rings is 1. The average Bonchev–Trinajstić information content (AvgIpc) is 2.47. The molecule has 5 nitrogen and oxygen atoms in total. The van der Waals surface area contributed by atoms with E-state index in [0.717, 1.165) is 12.0 Å². The molecule has 5 heteroatoms. The van der Waals surface area contributed by atoms with Gasteiger partial charge in [-0.05, 0) is 24.8 Å². The maximum atomic E-state index is 12.2. The van der Waals surface area contributed by atoms with Crippen molar-refractivity contribution in [3.8, 4) is 0 Å². The van der Waals surface area contributed by atoms with Crippen LogP contribution in [0.2, 0.25) is 0 Å². The van der Waals surface area contributed by atoms with Crippen LogP contribution >= 0.6 is 0 Å². The van der Waals surface area contributed by atoms with E-state index in [4.69, 9.17) is 5.11 Å². The molecule has 3 N–H and O–H groups in total. The maximum Gasteiger partial charge on any atom is 0.306 e.